The highest BCUT2D eigenvalue weighted by Crippen LogP contribution is 2.25. The summed E-state index contributed by atoms with van der Waals surface area (Å²) >= 11 is 6.93. The molecule has 6 nitrogen and oxygen atoms in total. The van der Waals surface area contributed by atoms with E-state index in [-0.39, 0.29) is 16.7 Å². The molecule has 26 heavy (non-hydrogen) atoms. The van der Waals surface area contributed by atoms with Gasteiger partial charge in [-0.1, -0.05) is 29.4 Å². The fraction of sp³-hybridized carbons (Fsp3) is 0.118. The summed E-state index contributed by atoms with van der Waals surface area (Å²) in [6.07, 6.45) is 3.26. The first-order chi connectivity index (χ1) is 12.6. The molecular formula is C17H14ClFN4O2S. The molecule has 0 saturated heterocycles. The molecule has 0 aliphatic heterocycles. The first-order valence-electron chi connectivity index (χ1n) is 7.54. The Hall–Kier alpha value is -2.58. The summed E-state index contributed by atoms with van der Waals surface area (Å²) in [5, 5.41) is 11.4. The second-order valence-corrected chi connectivity index (χ2v) is 6.50. The fourth-order valence-corrected chi connectivity index (χ4v) is 3.11. The van der Waals surface area contributed by atoms with E-state index in [2.05, 4.69) is 22.1 Å². The van der Waals surface area contributed by atoms with E-state index >= 15 is 0 Å². The lowest BCUT2D eigenvalue weighted by Gasteiger charge is -2.07. The summed E-state index contributed by atoms with van der Waals surface area (Å²) in [7, 11) is 0. The molecule has 0 spiro atoms. The number of amides is 1. The quantitative estimate of drug-likeness (QED) is 0.480. The number of hydrogen-bond acceptors (Lipinski definition) is 5. The highest BCUT2D eigenvalue weighted by Gasteiger charge is 2.16. The summed E-state index contributed by atoms with van der Waals surface area (Å²) < 4.78 is 20.3. The third kappa shape index (κ3) is 4.14. The zero-order chi connectivity index (χ0) is 18.5. The minimum atomic E-state index is -0.540. The Bertz CT molecular complexity index is 927. The zero-order valence-corrected chi connectivity index (χ0v) is 15.1. The smallest absolute Gasteiger partial charge is 0.234 e. The molecule has 0 bridgehead atoms. The molecule has 0 aliphatic carbocycles. The van der Waals surface area contributed by atoms with Gasteiger partial charge in [-0.25, -0.2) is 4.39 Å². The topological polar surface area (TPSA) is 73.0 Å². The first kappa shape index (κ1) is 18.2. The van der Waals surface area contributed by atoms with Gasteiger partial charge < -0.3 is 9.73 Å². The number of nitrogens with one attached hydrogen (secondary N) is 1. The van der Waals surface area contributed by atoms with Crippen LogP contribution in [-0.4, -0.2) is 26.4 Å². The van der Waals surface area contributed by atoms with E-state index in [1.165, 1.54) is 30.0 Å². The lowest BCUT2D eigenvalue weighted by molar-refractivity contribution is -0.113. The predicted molar refractivity (Wildman–Crippen MR) is 98.7 cm³/mol. The van der Waals surface area contributed by atoms with Crippen molar-refractivity contribution in [2.45, 2.75) is 11.7 Å². The van der Waals surface area contributed by atoms with Crippen molar-refractivity contribution in [1.29, 1.82) is 0 Å². The van der Waals surface area contributed by atoms with Gasteiger partial charge in [0.1, 0.15) is 5.82 Å². The molecule has 0 atom stereocenters. The fourth-order valence-electron chi connectivity index (χ4n) is 2.18. The van der Waals surface area contributed by atoms with Crippen molar-refractivity contribution < 1.29 is 13.6 Å². The molecular weight excluding hydrogens is 379 g/mol. The Morgan fingerprint density at radius 1 is 1.42 bits per heavy atom. The molecule has 1 amide bonds. The number of nitrogens with zero attached hydrogens (tertiary/aromatic N) is 3. The molecule has 9 heteroatoms. The van der Waals surface area contributed by atoms with E-state index in [0.29, 0.717) is 29.0 Å². The van der Waals surface area contributed by atoms with E-state index in [1.54, 1.807) is 29.0 Å². The molecule has 134 valence electrons. The van der Waals surface area contributed by atoms with Crippen molar-refractivity contribution >= 4 is 35.0 Å². The van der Waals surface area contributed by atoms with Crippen molar-refractivity contribution in [2.75, 3.05) is 11.1 Å². The Labute approximate surface area is 158 Å². The number of halogens is 2. The number of carbonyl (C=O) groups is 1. The van der Waals surface area contributed by atoms with Gasteiger partial charge in [0.05, 0.1) is 17.0 Å². The lowest BCUT2D eigenvalue weighted by atomic mass is 10.3. The monoisotopic (exact) mass is 392 g/mol. The van der Waals surface area contributed by atoms with Crippen molar-refractivity contribution in [3.8, 4) is 11.6 Å². The van der Waals surface area contributed by atoms with Gasteiger partial charge >= 0.3 is 0 Å². The van der Waals surface area contributed by atoms with Crippen LogP contribution in [0.3, 0.4) is 0 Å². The summed E-state index contributed by atoms with van der Waals surface area (Å²) in [5.74, 6) is 0.426. The van der Waals surface area contributed by atoms with Crippen LogP contribution in [0.5, 0.6) is 0 Å². The minimum absolute atomic E-state index is 0.0516. The van der Waals surface area contributed by atoms with Crippen LogP contribution in [0.2, 0.25) is 5.02 Å². The summed E-state index contributed by atoms with van der Waals surface area (Å²) in [6, 6.07) is 7.54. The second-order valence-electron chi connectivity index (χ2n) is 5.15. The van der Waals surface area contributed by atoms with Crippen molar-refractivity contribution in [2.24, 2.45) is 0 Å². The van der Waals surface area contributed by atoms with Gasteiger partial charge in [-0.3, -0.25) is 9.36 Å². The van der Waals surface area contributed by atoms with E-state index in [4.69, 9.17) is 16.0 Å². The Morgan fingerprint density at radius 3 is 2.96 bits per heavy atom. The number of hydrogen-bond donors (Lipinski definition) is 1. The summed E-state index contributed by atoms with van der Waals surface area (Å²) in [5.41, 5.74) is 0.422. The molecule has 1 aromatic carbocycles. The summed E-state index contributed by atoms with van der Waals surface area (Å²) in [4.78, 5) is 12.1. The molecule has 0 aliphatic rings. The molecule has 2 aromatic heterocycles. The van der Waals surface area contributed by atoms with Gasteiger partial charge in [-0.05, 0) is 30.3 Å². The molecule has 0 unspecified atom stereocenters. The SMILES string of the molecule is C=CCn1c(SCC(=O)Nc2ccc(F)c(Cl)c2)nnc1-c1ccco1. The number of benzene rings is 1. The van der Waals surface area contributed by atoms with E-state index < -0.39 is 5.82 Å². The van der Waals surface area contributed by atoms with E-state index in [9.17, 15) is 9.18 Å². The number of thioether (sulfide) groups is 1. The van der Waals surface area contributed by atoms with Crippen molar-refractivity contribution in [1.82, 2.24) is 14.8 Å². The van der Waals surface area contributed by atoms with Crippen LogP contribution in [0, 0.1) is 5.82 Å². The molecule has 2 heterocycles. The molecule has 0 saturated carbocycles. The number of aromatic nitrogens is 3. The number of allylic oxidation sites excluding steroid dienone is 1. The van der Waals surface area contributed by atoms with Crippen LogP contribution in [0.25, 0.3) is 11.6 Å². The average molecular weight is 393 g/mol. The van der Waals surface area contributed by atoms with Crippen LogP contribution in [0.15, 0.2) is 58.8 Å². The van der Waals surface area contributed by atoms with Gasteiger partial charge in [0.15, 0.2) is 10.9 Å². The first-order valence-corrected chi connectivity index (χ1v) is 8.90. The number of rotatable bonds is 7. The Kier molecular flexibility index (Phi) is 5.75. The van der Waals surface area contributed by atoms with Gasteiger partial charge in [0, 0.05) is 12.2 Å². The molecule has 3 rings (SSSR count). The maximum atomic E-state index is 13.2. The highest BCUT2D eigenvalue weighted by molar-refractivity contribution is 7.99. The second kappa shape index (κ2) is 8.20. The van der Waals surface area contributed by atoms with Crippen molar-refractivity contribution in [3.05, 3.63) is 60.1 Å². The number of anilines is 1. The average Bonchev–Trinajstić information content (AvgIpc) is 3.26. The van der Waals surface area contributed by atoms with Crippen LogP contribution >= 0.6 is 23.4 Å². The highest BCUT2D eigenvalue weighted by atomic mass is 35.5. The van der Waals surface area contributed by atoms with Gasteiger partial charge in [-0.15, -0.1) is 16.8 Å². The predicted octanol–water partition coefficient (Wildman–Crippen LogP) is 4.25. The van der Waals surface area contributed by atoms with E-state index in [1.807, 2.05) is 0 Å². The largest absolute Gasteiger partial charge is 0.461 e. The number of carbonyl (C=O) groups excluding carboxylic acids is 1. The third-order valence-corrected chi connectivity index (χ3v) is 4.56. The normalized spacial score (nSPS) is 10.7. The number of furan rings is 1. The lowest BCUT2D eigenvalue weighted by Crippen LogP contribution is -2.14. The molecule has 0 radical (unpaired) electrons. The van der Waals surface area contributed by atoms with Crippen LogP contribution in [0.4, 0.5) is 10.1 Å². The van der Waals surface area contributed by atoms with Crippen LogP contribution < -0.4 is 5.32 Å². The Morgan fingerprint density at radius 2 is 2.27 bits per heavy atom. The molecule has 1 N–H and O–H groups in total. The van der Waals surface area contributed by atoms with E-state index in [0.717, 1.165) is 0 Å². The summed E-state index contributed by atoms with van der Waals surface area (Å²) in [6.45, 7) is 4.20. The van der Waals surface area contributed by atoms with Gasteiger partial charge in [0.25, 0.3) is 0 Å². The van der Waals surface area contributed by atoms with Crippen molar-refractivity contribution in [3.63, 3.8) is 0 Å². The maximum Gasteiger partial charge on any atom is 0.234 e. The maximum absolute atomic E-state index is 13.2. The minimum Gasteiger partial charge on any atom is -0.461 e. The molecule has 0 fully saturated rings. The van der Waals surface area contributed by atoms with Crippen LogP contribution in [-0.2, 0) is 11.3 Å². The zero-order valence-electron chi connectivity index (χ0n) is 13.5. The van der Waals surface area contributed by atoms with Gasteiger partial charge in [-0.2, -0.15) is 0 Å². The molecule has 3 aromatic rings. The third-order valence-electron chi connectivity index (χ3n) is 3.31. The van der Waals surface area contributed by atoms with Crippen LogP contribution in [0.1, 0.15) is 0 Å². The van der Waals surface area contributed by atoms with Gasteiger partial charge in [0.2, 0.25) is 11.7 Å². The standard InChI is InChI=1S/C17H14ClFN4O2S/c1-2-7-23-16(14-4-3-8-25-14)21-22-17(23)26-10-15(24)20-11-5-6-13(19)12(18)9-11/h2-6,8-9H,1,7,10H2,(H,20,24). The Balaban J connectivity index is 1.68.